The lowest BCUT2D eigenvalue weighted by molar-refractivity contribution is 0.0630. The van der Waals surface area contributed by atoms with E-state index in [2.05, 4.69) is 0 Å². The molecule has 2 nitrogen and oxygen atoms in total. The minimum Gasteiger partial charge on any atom is -0.496 e. The highest BCUT2D eigenvalue weighted by Crippen LogP contribution is 2.40. The standard InChI is InChI=1S/C11H14O2S/c1-13-10-5-3-2-4-9(10)11(12)6-7-14-8-11/h2-5,12H,6-8H2,1H3. The van der Waals surface area contributed by atoms with Crippen molar-refractivity contribution in [1.29, 1.82) is 0 Å². The molecule has 1 saturated heterocycles. The summed E-state index contributed by atoms with van der Waals surface area (Å²) in [6.45, 7) is 0. The monoisotopic (exact) mass is 210 g/mol. The van der Waals surface area contributed by atoms with Gasteiger partial charge in [0.1, 0.15) is 11.4 Å². The Kier molecular flexibility index (Phi) is 2.70. The van der Waals surface area contributed by atoms with Crippen LogP contribution in [0.15, 0.2) is 24.3 Å². The largest absolute Gasteiger partial charge is 0.496 e. The first-order chi connectivity index (χ1) is 6.76. The van der Waals surface area contributed by atoms with Crippen molar-refractivity contribution in [2.45, 2.75) is 12.0 Å². The molecule has 1 unspecified atom stereocenters. The third-order valence-corrected chi connectivity index (χ3v) is 3.78. The fourth-order valence-corrected chi connectivity index (χ4v) is 3.06. The van der Waals surface area contributed by atoms with E-state index in [0.717, 1.165) is 29.2 Å². The average Bonchev–Trinajstić information content (AvgIpc) is 2.66. The molecule has 0 radical (unpaired) electrons. The Morgan fingerprint density at radius 2 is 2.21 bits per heavy atom. The lowest BCUT2D eigenvalue weighted by atomic mass is 9.92. The molecule has 1 aromatic rings. The van der Waals surface area contributed by atoms with Gasteiger partial charge in [-0.25, -0.2) is 0 Å². The molecule has 76 valence electrons. The van der Waals surface area contributed by atoms with E-state index in [9.17, 15) is 5.11 Å². The van der Waals surface area contributed by atoms with Gasteiger partial charge in [-0.05, 0) is 18.2 Å². The summed E-state index contributed by atoms with van der Waals surface area (Å²) < 4.78 is 5.25. The molecule has 0 saturated carbocycles. The van der Waals surface area contributed by atoms with Gasteiger partial charge in [0.15, 0.2) is 0 Å². The molecule has 1 aliphatic rings. The fourth-order valence-electron chi connectivity index (χ4n) is 1.80. The van der Waals surface area contributed by atoms with E-state index in [1.54, 1.807) is 18.9 Å². The van der Waals surface area contributed by atoms with E-state index in [4.69, 9.17) is 4.74 Å². The van der Waals surface area contributed by atoms with Crippen LogP contribution in [0.3, 0.4) is 0 Å². The maximum atomic E-state index is 10.4. The molecular formula is C11H14O2S. The van der Waals surface area contributed by atoms with Gasteiger partial charge in [-0.3, -0.25) is 0 Å². The zero-order chi connectivity index (χ0) is 10.0. The van der Waals surface area contributed by atoms with Crippen LogP contribution >= 0.6 is 11.8 Å². The lowest BCUT2D eigenvalue weighted by Crippen LogP contribution is -2.25. The molecule has 1 aliphatic heterocycles. The highest BCUT2D eigenvalue weighted by Gasteiger charge is 2.35. The summed E-state index contributed by atoms with van der Waals surface area (Å²) in [7, 11) is 1.64. The SMILES string of the molecule is COc1ccccc1C1(O)CCSC1. The van der Waals surface area contributed by atoms with Crippen LogP contribution in [-0.4, -0.2) is 23.7 Å². The van der Waals surface area contributed by atoms with E-state index < -0.39 is 5.60 Å². The van der Waals surface area contributed by atoms with Crippen LogP contribution in [0, 0.1) is 0 Å². The van der Waals surface area contributed by atoms with Gasteiger partial charge in [-0.2, -0.15) is 11.8 Å². The second kappa shape index (κ2) is 3.83. The van der Waals surface area contributed by atoms with Gasteiger partial charge in [0.05, 0.1) is 7.11 Å². The lowest BCUT2D eigenvalue weighted by Gasteiger charge is -2.23. The molecule has 1 fully saturated rings. The molecule has 0 bridgehead atoms. The second-order valence-electron chi connectivity index (χ2n) is 3.53. The fraction of sp³-hybridized carbons (Fsp3) is 0.455. The zero-order valence-corrected chi connectivity index (χ0v) is 9.01. The molecule has 0 spiro atoms. The quantitative estimate of drug-likeness (QED) is 0.809. The van der Waals surface area contributed by atoms with Gasteiger partial charge in [-0.15, -0.1) is 0 Å². The van der Waals surface area contributed by atoms with Gasteiger partial charge in [0.2, 0.25) is 0 Å². The molecule has 1 N–H and O–H groups in total. The second-order valence-corrected chi connectivity index (χ2v) is 4.64. The molecule has 2 rings (SSSR count). The van der Waals surface area contributed by atoms with Crippen molar-refractivity contribution >= 4 is 11.8 Å². The summed E-state index contributed by atoms with van der Waals surface area (Å²) in [5, 5.41) is 10.4. The van der Waals surface area contributed by atoms with E-state index in [-0.39, 0.29) is 0 Å². The number of para-hydroxylation sites is 1. The molecule has 3 heteroatoms. The number of hydrogen-bond acceptors (Lipinski definition) is 3. The third kappa shape index (κ3) is 1.62. The predicted molar refractivity (Wildman–Crippen MR) is 58.8 cm³/mol. The van der Waals surface area contributed by atoms with Crippen LogP contribution in [0.4, 0.5) is 0 Å². The first-order valence-electron chi connectivity index (χ1n) is 4.70. The van der Waals surface area contributed by atoms with Crippen molar-refractivity contribution in [2.24, 2.45) is 0 Å². The molecule has 1 atom stereocenters. The smallest absolute Gasteiger partial charge is 0.124 e. The Hall–Kier alpha value is -0.670. The number of benzene rings is 1. The number of methoxy groups -OCH3 is 1. The summed E-state index contributed by atoms with van der Waals surface area (Å²) in [5.74, 6) is 2.58. The summed E-state index contributed by atoms with van der Waals surface area (Å²) in [5.41, 5.74) is 0.240. The van der Waals surface area contributed by atoms with Crippen molar-refractivity contribution in [3.05, 3.63) is 29.8 Å². The predicted octanol–water partition coefficient (Wildman–Crippen LogP) is 2.02. The summed E-state index contributed by atoms with van der Waals surface area (Å²) >= 11 is 1.79. The van der Waals surface area contributed by atoms with E-state index in [1.165, 1.54) is 0 Å². The average molecular weight is 210 g/mol. The number of ether oxygens (including phenoxy) is 1. The van der Waals surface area contributed by atoms with E-state index >= 15 is 0 Å². The van der Waals surface area contributed by atoms with E-state index in [0.29, 0.717) is 0 Å². The maximum absolute atomic E-state index is 10.4. The van der Waals surface area contributed by atoms with Crippen LogP contribution in [-0.2, 0) is 5.60 Å². The van der Waals surface area contributed by atoms with Gasteiger partial charge >= 0.3 is 0 Å². The summed E-state index contributed by atoms with van der Waals surface area (Å²) in [4.78, 5) is 0. The van der Waals surface area contributed by atoms with Gasteiger partial charge in [-0.1, -0.05) is 18.2 Å². The van der Waals surface area contributed by atoms with Crippen LogP contribution in [0.1, 0.15) is 12.0 Å². The molecule has 1 heterocycles. The maximum Gasteiger partial charge on any atom is 0.124 e. The van der Waals surface area contributed by atoms with Crippen molar-refractivity contribution in [1.82, 2.24) is 0 Å². The van der Waals surface area contributed by atoms with Crippen LogP contribution in [0.25, 0.3) is 0 Å². The highest BCUT2D eigenvalue weighted by molar-refractivity contribution is 7.99. The summed E-state index contributed by atoms with van der Waals surface area (Å²) in [6.07, 6.45) is 0.818. The van der Waals surface area contributed by atoms with Crippen molar-refractivity contribution in [3.8, 4) is 5.75 Å². The molecule has 0 aromatic heterocycles. The Bertz CT molecular complexity index is 319. The van der Waals surface area contributed by atoms with Crippen molar-refractivity contribution in [3.63, 3.8) is 0 Å². The number of hydrogen-bond donors (Lipinski definition) is 1. The third-order valence-electron chi connectivity index (χ3n) is 2.61. The highest BCUT2D eigenvalue weighted by atomic mass is 32.2. The van der Waals surface area contributed by atoms with E-state index in [1.807, 2.05) is 24.3 Å². The Balaban J connectivity index is 2.39. The Morgan fingerprint density at radius 1 is 1.43 bits per heavy atom. The van der Waals surface area contributed by atoms with Gasteiger partial charge < -0.3 is 9.84 Å². The van der Waals surface area contributed by atoms with Gasteiger partial charge in [0, 0.05) is 11.3 Å². The first kappa shape index (κ1) is 9.87. The van der Waals surface area contributed by atoms with Crippen molar-refractivity contribution in [2.75, 3.05) is 18.6 Å². The Morgan fingerprint density at radius 3 is 2.86 bits per heavy atom. The molecule has 1 aromatic carbocycles. The normalized spacial score (nSPS) is 26.4. The van der Waals surface area contributed by atoms with Crippen LogP contribution in [0.2, 0.25) is 0 Å². The minimum absolute atomic E-state index is 0.683. The van der Waals surface area contributed by atoms with Crippen LogP contribution < -0.4 is 4.74 Å². The van der Waals surface area contributed by atoms with Crippen molar-refractivity contribution < 1.29 is 9.84 Å². The zero-order valence-electron chi connectivity index (χ0n) is 8.19. The number of thioether (sulfide) groups is 1. The number of aliphatic hydroxyl groups is 1. The summed E-state index contributed by atoms with van der Waals surface area (Å²) in [6, 6.07) is 7.72. The molecular weight excluding hydrogens is 196 g/mol. The number of rotatable bonds is 2. The minimum atomic E-state index is -0.683. The molecule has 0 aliphatic carbocycles. The molecule has 14 heavy (non-hydrogen) atoms. The topological polar surface area (TPSA) is 29.5 Å². The Labute approximate surface area is 88.3 Å². The van der Waals surface area contributed by atoms with Gasteiger partial charge in [0.25, 0.3) is 0 Å². The van der Waals surface area contributed by atoms with Crippen LogP contribution in [0.5, 0.6) is 5.75 Å². The molecule has 0 amide bonds. The first-order valence-corrected chi connectivity index (χ1v) is 5.85.